The highest BCUT2D eigenvalue weighted by Crippen LogP contribution is 2.47. The summed E-state index contributed by atoms with van der Waals surface area (Å²) in [5.41, 5.74) is -0.218. The van der Waals surface area contributed by atoms with Gasteiger partial charge in [0.2, 0.25) is 0 Å². The molecule has 2 N–H and O–H groups in total. The molecular weight excluding hydrogens is 600 g/mol. The summed E-state index contributed by atoms with van der Waals surface area (Å²) in [6, 6.07) is 5.40. The SMILES string of the molecule is C[C@H]1C[C@@H]2[C@@H]3CC[C@H](CN2c2nc(OC[C@@]45CCCN4C[C@H](F)C5)nc4c(F)c(-c5cc(O)cc6ccc(F)c(F)c56)nc1c24)N3. The second kappa shape index (κ2) is 10.1. The molecule has 0 saturated carbocycles. The summed E-state index contributed by atoms with van der Waals surface area (Å²) in [5.74, 6) is -2.91. The fourth-order valence-corrected chi connectivity index (χ4v) is 9.08. The summed E-state index contributed by atoms with van der Waals surface area (Å²) in [6.45, 7) is 4.08. The van der Waals surface area contributed by atoms with Gasteiger partial charge in [-0.05, 0) is 62.2 Å². The number of pyridine rings is 1. The Bertz CT molecular complexity index is 1930. The Morgan fingerprint density at radius 1 is 1.07 bits per heavy atom. The summed E-state index contributed by atoms with van der Waals surface area (Å²) >= 11 is 0. The van der Waals surface area contributed by atoms with E-state index in [4.69, 9.17) is 14.7 Å². The fraction of sp³-hybridized carbons (Fsp3) is 0.500. The second-order valence-electron chi connectivity index (χ2n) is 13.9. The molecule has 5 aliphatic rings. The molecule has 5 aliphatic heterocycles. The van der Waals surface area contributed by atoms with Crippen LogP contribution in [0.25, 0.3) is 32.9 Å². The van der Waals surface area contributed by atoms with E-state index < -0.39 is 29.2 Å². The normalized spacial score (nSPS) is 30.2. The van der Waals surface area contributed by atoms with Crippen LogP contribution in [0.4, 0.5) is 23.4 Å². The third kappa shape index (κ3) is 4.14. The topological polar surface area (TPSA) is 86.6 Å². The molecule has 0 aliphatic carbocycles. The molecule has 4 aromatic rings. The van der Waals surface area contributed by atoms with Crippen molar-refractivity contribution < 1.29 is 27.4 Å². The zero-order chi connectivity index (χ0) is 31.5. The molecule has 9 rings (SSSR count). The molecular formula is C34H34F4N6O2. The Balaban J connectivity index is 1.26. The van der Waals surface area contributed by atoms with Gasteiger partial charge in [0.1, 0.15) is 35.6 Å². The molecule has 12 heteroatoms. The maximum absolute atomic E-state index is 17.0. The highest BCUT2D eigenvalue weighted by molar-refractivity contribution is 6.01. The van der Waals surface area contributed by atoms with Crippen LogP contribution in [0.5, 0.6) is 11.8 Å². The highest BCUT2D eigenvalue weighted by Gasteiger charge is 2.50. The van der Waals surface area contributed by atoms with Crippen LogP contribution in [0.3, 0.4) is 0 Å². The first-order valence-corrected chi connectivity index (χ1v) is 16.3. The lowest BCUT2D eigenvalue weighted by Crippen LogP contribution is -2.58. The minimum Gasteiger partial charge on any atom is -0.508 e. The zero-order valence-electron chi connectivity index (χ0n) is 25.4. The molecule has 240 valence electrons. The number of fused-ring (bicyclic) bond motifs is 7. The number of benzene rings is 2. The molecule has 2 bridgehead atoms. The number of nitrogens with one attached hydrogen (secondary N) is 1. The van der Waals surface area contributed by atoms with Gasteiger partial charge >= 0.3 is 6.01 Å². The van der Waals surface area contributed by atoms with Crippen molar-refractivity contribution in [1.82, 2.24) is 25.2 Å². The summed E-state index contributed by atoms with van der Waals surface area (Å²) in [6.07, 6.45) is 3.96. The molecule has 0 radical (unpaired) electrons. The first kappa shape index (κ1) is 28.5. The predicted octanol–water partition coefficient (Wildman–Crippen LogP) is 5.74. The maximum Gasteiger partial charge on any atom is 0.319 e. The molecule has 8 nitrogen and oxygen atoms in total. The van der Waals surface area contributed by atoms with E-state index in [1.54, 1.807) is 0 Å². The Hall–Kier alpha value is -3.77. The van der Waals surface area contributed by atoms with Gasteiger partial charge in [-0.1, -0.05) is 13.0 Å². The van der Waals surface area contributed by atoms with Crippen molar-refractivity contribution in [2.24, 2.45) is 0 Å². The van der Waals surface area contributed by atoms with E-state index in [1.807, 2.05) is 6.92 Å². The summed E-state index contributed by atoms with van der Waals surface area (Å²) in [5, 5.41) is 14.8. The van der Waals surface area contributed by atoms with Gasteiger partial charge in [-0.3, -0.25) is 4.90 Å². The Kier molecular flexibility index (Phi) is 6.26. The van der Waals surface area contributed by atoms with Gasteiger partial charge in [0.25, 0.3) is 0 Å². The van der Waals surface area contributed by atoms with Gasteiger partial charge in [-0.15, -0.1) is 0 Å². The summed E-state index contributed by atoms with van der Waals surface area (Å²) in [7, 11) is 0. The number of hydrogen-bond donors (Lipinski definition) is 2. The zero-order valence-corrected chi connectivity index (χ0v) is 25.4. The largest absolute Gasteiger partial charge is 0.508 e. The van der Waals surface area contributed by atoms with E-state index in [-0.39, 0.29) is 70.0 Å². The average molecular weight is 635 g/mol. The number of aromatic nitrogens is 3. The number of alkyl halides is 1. The van der Waals surface area contributed by atoms with Crippen molar-refractivity contribution in [3.8, 4) is 23.0 Å². The van der Waals surface area contributed by atoms with E-state index in [0.29, 0.717) is 42.8 Å². The van der Waals surface area contributed by atoms with Crippen LogP contribution in [-0.4, -0.2) is 81.0 Å². The van der Waals surface area contributed by atoms with Crippen LogP contribution in [0.1, 0.15) is 57.1 Å². The van der Waals surface area contributed by atoms with Gasteiger partial charge in [-0.25, -0.2) is 22.5 Å². The third-order valence-corrected chi connectivity index (χ3v) is 11.1. The van der Waals surface area contributed by atoms with Crippen molar-refractivity contribution in [3.63, 3.8) is 0 Å². The first-order valence-electron chi connectivity index (χ1n) is 16.3. The number of halogens is 4. The number of phenolic OH excluding ortho intramolecular Hbond substituents is 1. The number of rotatable bonds is 4. The van der Waals surface area contributed by atoms with Crippen LogP contribution in [0.2, 0.25) is 0 Å². The molecule has 0 spiro atoms. The minimum absolute atomic E-state index is 0.00907. The van der Waals surface area contributed by atoms with Crippen LogP contribution in [-0.2, 0) is 0 Å². The van der Waals surface area contributed by atoms with Crippen molar-refractivity contribution in [2.45, 2.75) is 81.2 Å². The number of aromatic hydroxyl groups is 1. The lowest BCUT2D eigenvalue weighted by molar-refractivity contribution is 0.107. The summed E-state index contributed by atoms with van der Waals surface area (Å²) in [4.78, 5) is 18.8. The van der Waals surface area contributed by atoms with Gasteiger partial charge in [0.05, 0.1) is 16.6 Å². The number of nitrogens with zero attached hydrogens (tertiary/aromatic N) is 5. The third-order valence-electron chi connectivity index (χ3n) is 11.1. The van der Waals surface area contributed by atoms with E-state index in [0.717, 1.165) is 38.3 Å². The average Bonchev–Trinajstić information content (AvgIpc) is 3.68. The molecule has 4 fully saturated rings. The standard InChI is InChI=1S/C34H34F4N6O2/c1-16-9-24-23-6-4-19(39-23)14-44(24)32-26-29(16)40-30(21-11-20(45)10-17-3-5-22(36)27(37)25(17)21)28(38)31(26)41-33(42-32)46-15-34-7-2-8-43(34)13-18(35)12-34/h3,5,10-11,16,18-19,23-24,39,45H,2,4,6-9,12-15H2,1H3/t16-,18+,19+,23-,24+,34-/m0/s1. The number of ether oxygens (including phenoxy) is 1. The monoisotopic (exact) mass is 634 g/mol. The Morgan fingerprint density at radius 3 is 2.80 bits per heavy atom. The molecule has 0 amide bonds. The molecule has 7 heterocycles. The van der Waals surface area contributed by atoms with E-state index >= 15 is 8.78 Å². The van der Waals surface area contributed by atoms with Crippen molar-refractivity contribution in [1.29, 1.82) is 0 Å². The lowest BCUT2D eigenvalue weighted by Gasteiger charge is -2.41. The predicted molar refractivity (Wildman–Crippen MR) is 164 cm³/mol. The molecule has 6 atom stereocenters. The molecule has 2 aromatic carbocycles. The van der Waals surface area contributed by atoms with Gasteiger partial charge < -0.3 is 20.1 Å². The van der Waals surface area contributed by atoms with Gasteiger partial charge in [-0.2, -0.15) is 9.97 Å². The van der Waals surface area contributed by atoms with E-state index in [9.17, 15) is 13.9 Å². The lowest BCUT2D eigenvalue weighted by atomic mass is 9.92. The number of piperazine rings is 1. The highest BCUT2D eigenvalue weighted by atomic mass is 19.2. The van der Waals surface area contributed by atoms with Crippen LogP contribution in [0.15, 0.2) is 24.3 Å². The number of phenols is 1. The molecule has 2 aromatic heterocycles. The Morgan fingerprint density at radius 2 is 1.93 bits per heavy atom. The second-order valence-corrected chi connectivity index (χ2v) is 13.9. The first-order chi connectivity index (χ1) is 22.2. The number of hydrogen-bond acceptors (Lipinski definition) is 8. The van der Waals surface area contributed by atoms with Gasteiger partial charge in [0.15, 0.2) is 17.5 Å². The van der Waals surface area contributed by atoms with Crippen molar-refractivity contribution in [2.75, 3.05) is 31.1 Å². The quantitative estimate of drug-likeness (QED) is 0.275. The smallest absolute Gasteiger partial charge is 0.319 e. The van der Waals surface area contributed by atoms with E-state index in [1.165, 1.54) is 18.2 Å². The molecule has 4 saturated heterocycles. The Labute approximate surface area is 262 Å². The van der Waals surface area contributed by atoms with Gasteiger partial charge in [0, 0.05) is 54.5 Å². The molecule has 46 heavy (non-hydrogen) atoms. The maximum atomic E-state index is 17.0. The fourth-order valence-electron chi connectivity index (χ4n) is 9.08. The summed E-state index contributed by atoms with van der Waals surface area (Å²) < 4.78 is 67.7. The molecule has 0 unspecified atom stereocenters. The minimum atomic E-state index is -1.15. The van der Waals surface area contributed by atoms with Crippen LogP contribution >= 0.6 is 0 Å². The van der Waals surface area contributed by atoms with Crippen LogP contribution < -0.4 is 15.0 Å². The van der Waals surface area contributed by atoms with Crippen molar-refractivity contribution in [3.05, 3.63) is 47.4 Å². The van der Waals surface area contributed by atoms with E-state index in [2.05, 4.69) is 20.1 Å². The van der Waals surface area contributed by atoms with Crippen molar-refractivity contribution >= 4 is 27.5 Å². The number of anilines is 1. The van der Waals surface area contributed by atoms with Crippen LogP contribution in [0, 0.1) is 17.5 Å².